The molecule has 35 heavy (non-hydrogen) atoms. The van der Waals surface area contributed by atoms with Crippen LogP contribution in [0.5, 0.6) is 0 Å². The summed E-state index contributed by atoms with van der Waals surface area (Å²) in [6.07, 6.45) is 9.73. The van der Waals surface area contributed by atoms with E-state index in [2.05, 4.69) is 46.1 Å². The number of carbonyl (C=O) groups excluding carboxylic acids is 1. The molecule has 0 saturated carbocycles. The summed E-state index contributed by atoms with van der Waals surface area (Å²) in [7, 11) is 3.85. The topological polar surface area (TPSA) is 93.4 Å². The zero-order chi connectivity index (χ0) is 24.7. The molecular weight excluding hydrogens is 438 g/mol. The number of amides is 1. The lowest BCUT2D eigenvalue weighted by molar-refractivity contribution is -0.111. The molecule has 8 nitrogen and oxygen atoms in total. The minimum atomic E-state index is -0.246. The highest BCUT2D eigenvalue weighted by molar-refractivity contribution is 6.05. The molecule has 0 aliphatic rings. The van der Waals surface area contributed by atoms with Crippen LogP contribution in [-0.2, 0) is 25.3 Å². The van der Waals surface area contributed by atoms with Crippen molar-refractivity contribution >= 4 is 22.6 Å². The summed E-state index contributed by atoms with van der Waals surface area (Å²) in [5, 5.41) is 12.7. The van der Waals surface area contributed by atoms with Gasteiger partial charge in [0.25, 0.3) is 0 Å². The predicted octanol–water partition coefficient (Wildman–Crippen LogP) is 5.52. The van der Waals surface area contributed by atoms with Gasteiger partial charge in [0.05, 0.1) is 18.1 Å². The normalized spacial score (nSPS) is 11.2. The van der Waals surface area contributed by atoms with Gasteiger partial charge in [0.2, 0.25) is 5.91 Å². The number of pyridine rings is 1. The summed E-state index contributed by atoms with van der Waals surface area (Å²) in [6.45, 7) is 7.66. The molecule has 0 aliphatic heterocycles. The number of H-pyrrole nitrogens is 1. The fraction of sp³-hybridized carbons (Fsp3) is 0.185. The number of aromatic nitrogens is 6. The molecule has 0 bridgehead atoms. The zero-order valence-corrected chi connectivity index (χ0v) is 20.3. The number of nitrogens with zero attached hydrogens (tertiary/aromatic N) is 5. The lowest BCUT2D eigenvalue weighted by Gasteiger charge is -2.11. The molecule has 8 heteroatoms. The number of hydrogen-bond donors (Lipinski definition) is 2. The van der Waals surface area contributed by atoms with E-state index in [1.165, 1.54) is 6.08 Å². The third-order valence-electron chi connectivity index (χ3n) is 6.32. The van der Waals surface area contributed by atoms with Gasteiger partial charge >= 0.3 is 0 Å². The van der Waals surface area contributed by atoms with Gasteiger partial charge in [0, 0.05) is 68.4 Å². The quantitative estimate of drug-likeness (QED) is 0.320. The summed E-state index contributed by atoms with van der Waals surface area (Å²) in [4.78, 5) is 20.3. The molecule has 1 aromatic carbocycles. The number of hydrogen-bond acceptors (Lipinski definition) is 4. The first-order valence-electron chi connectivity index (χ1n) is 11.5. The number of aromatic amines is 1. The fourth-order valence-corrected chi connectivity index (χ4v) is 4.50. The molecule has 4 heterocycles. The van der Waals surface area contributed by atoms with Crippen LogP contribution >= 0.6 is 0 Å². The number of nitrogens with one attached hydrogen (secondary N) is 2. The van der Waals surface area contributed by atoms with E-state index in [1.54, 1.807) is 4.68 Å². The summed E-state index contributed by atoms with van der Waals surface area (Å²) < 4.78 is 3.69. The first-order chi connectivity index (χ1) is 16.9. The summed E-state index contributed by atoms with van der Waals surface area (Å²) in [5.74, 6) is -0.246. The maximum absolute atomic E-state index is 12.0. The number of carbonyl (C=O) groups is 1. The molecule has 1 amide bonds. The molecule has 0 aliphatic carbocycles. The van der Waals surface area contributed by atoms with Crippen LogP contribution in [0.15, 0.2) is 61.7 Å². The van der Waals surface area contributed by atoms with Gasteiger partial charge in [-0.2, -0.15) is 10.2 Å². The van der Waals surface area contributed by atoms with E-state index in [1.807, 2.05) is 62.6 Å². The Hall–Kier alpha value is -4.46. The zero-order valence-electron chi connectivity index (χ0n) is 20.3. The summed E-state index contributed by atoms with van der Waals surface area (Å²) in [6, 6.07) is 8.22. The van der Waals surface area contributed by atoms with E-state index < -0.39 is 0 Å². The molecule has 2 N–H and O–H groups in total. The van der Waals surface area contributed by atoms with E-state index >= 15 is 0 Å². The van der Waals surface area contributed by atoms with Crippen molar-refractivity contribution in [3.63, 3.8) is 0 Å². The minimum absolute atomic E-state index is 0. The third-order valence-corrected chi connectivity index (χ3v) is 6.32. The number of fused-ring (bicyclic) bond motifs is 1. The summed E-state index contributed by atoms with van der Waals surface area (Å²) >= 11 is 0. The molecule has 5 aromatic rings. The number of benzene rings is 1. The van der Waals surface area contributed by atoms with Crippen LogP contribution in [0.3, 0.4) is 0 Å². The van der Waals surface area contributed by atoms with Crippen molar-refractivity contribution in [3.05, 3.63) is 73.0 Å². The van der Waals surface area contributed by atoms with Gasteiger partial charge in [-0.3, -0.25) is 14.2 Å². The minimum Gasteiger partial charge on any atom is -0.339 e. The maximum Gasteiger partial charge on any atom is 0.247 e. The van der Waals surface area contributed by atoms with Gasteiger partial charge in [-0.15, -0.1) is 0 Å². The van der Waals surface area contributed by atoms with Crippen molar-refractivity contribution in [2.24, 2.45) is 14.1 Å². The Bertz CT molecular complexity index is 1600. The van der Waals surface area contributed by atoms with E-state index in [4.69, 9.17) is 4.98 Å². The summed E-state index contributed by atoms with van der Waals surface area (Å²) in [5.41, 5.74) is 9.55. The van der Waals surface area contributed by atoms with Crippen LogP contribution in [0.2, 0.25) is 0 Å². The highest BCUT2D eigenvalue weighted by Crippen LogP contribution is 2.40. The van der Waals surface area contributed by atoms with E-state index in [0.717, 1.165) is 67.9 Å². The highest BCUT2D eigenvalue weighted by Gasteiger charge is 2.20. The number of rotatable bonds is 6. The van der Waals surface area contributed by atoms with E-state index in [9.17, 15) is 4.79 Å². The monoisotopic (exact) mass is 469 g/mol. The molecule has 0 fully saturated rings. The third kappa shape index (κ3) is 3.93. The largest absolute Gasteiger partial charge is 0.339 e. The van der Waals surface area contributed by atoms with Crippen molar-refractivity contribution in [1.82, 2.24) is 29.5 Å². The van der Waals surface area contributed by atoms with Crippen molar-refractivity contribution in [3.8, 4) is 33.5 Å². The molecule has 4 aromatic heterocycles. The van der Waals surface area contributed by atoms with Crippen molar-refractivity contribution in [2.45, 2.75) is 20.3 Å². The highest BCUT2D eigenvalue weighted by atomic mass is 16.1. The van der Waals surface area contributed by atoms with Gasteiger partial charge in [-0.25, -0.2) is 4.98 Å². The Morgan fingerprint density at radius 1 is 1.14 bits per heavy atom. The molecule has 0 atom stereocenters. The van der Waals surface area contributed by atoms with Crippen molar-refractivity contribution < 1.29 is 7.65 Å². The fourth-order valence-electron chi connectivity index (χ4n) is 4.50. The Morgan fingerprint density at radius 3 is 2.69 bits per heavy atom. The van der Waals surface area contributed by atoms with Gasteiger partial charge < -0.3 is 10.3 Å². The average Bonchev–Trinajstić information content (AvgIpc) is 3.56. The first kappa shape index (κ1) is 22.3. The van der Waals surface area contributed by atoms with Gasteiger partial charge in [-0.1, -0.05) is 25.6 Å². The molecule has 5 rings (SSSR count). The number of anilines is 1. The van der Waals surface area contributed by atoms with E-state index in [-0.39, 0.29) is 8.76 Å². The lowest BCUT2D eigenvalue weighted by atomic mass is 9.97. The Labute approximate surface area is 206 Å². The second-order valence-corrected chi connectivity index (χ2v) is 8.60. The van der Waals surface area contributed by atoms with Gasteiger partial charge in [0.1, 0.15) is 5.65 Å². The molecular formula is C27H31N7O. The second kappa shape index (κ2) is 8.72. The lowest BCUT2D eigenvalue weighted by Crippen LogP contribution is -2.08. The molecule has 0 unspecified atom stereocenters. The van der Waals surface area contributed by atoms with Crippen LogP contribution in [-0.4, -0.2) is 35.4 Å². The molecule has 0 spiro atoms. The van der Waals surface area contributed by atoms with Crippen LogP contribution in [0, 0.1) is 6.92 Å². The van der Waals surface area contributed by atoms with Gasteiger partial charge in [0.15, 0.2) is 0 Å². The smallest absolute Gasteiger partial charge is 0.247 e. The SMILES string of the molecule is C=CC(=O)Nc1cc(-c2c(-c3cnn(C)c3)[nH]c3ncc(-c4cnn(C)c4CC)cc23)ccc1C.[HH].[HH]. The second-order valence-electron chi connectivity index (χ2n) is 8.60. The Kier molecular flexibility index (Phi) is 5.56. The molecule has 0 radical (unpaired) electrons. The Morgan fingerprint density at radius 2 is 1.97 bits per heavy atom. The van der Waals surface area contributed by atoms with Crippen LogP contribution in [0.25, 0.3) is 44.5 Å². The first-order valence-corrected chi connectivity index (χ1v) is 11.5. The van der Waals surface area contributed by atoms with Crippen LogP contribution in [0.4, 0.5) is 5.69 Å². The predicted molar refractivity (Wildman–Crippen MR) is 143 cm³/mol. The maximum atomic E-state index is 12.0. The van der Waals surface area contributed by atoms with Crippen LogP contribution < -0.4 is 5.32 Å². The van der Waals surface area contributed by atoms with Crippen molar-refractivity contribution in [1.29, 1.82) is 0 Å². The Balaban J connectivity index is 0.00000190. The number of aryl methyl sites for hydroxylation is 3. The van der Waals surface area contributed by atoms with E-state index in [0.29, 0.717) is 0 Å². The van der Waals surface area contributed by atoms with Crippen molar-refractivity contribution in [2.75, 3.05) is 5.32 Å². The van der Waals surface area contributed by atoms with Crippen LogP contribution in [0.1, 0.15) is 21.0 Å². The standard InChI is InChI=1S/C27H27N7O.2H2/c1-6-23-21(14-30-34(23)5)18-10-20-25(17-9-8-16(3)22(11-17)31-24(35)7-2)26(32-27(20)28-12-18)19-13-29-33(4)15-19;;/h7-15H,2,6H2,1,3-5H3,(H,28,32)(H,31,35);2*1H. The van der Waals surface area contributed by atoms with Gasteiger partial charge in [-0.05, 0) is 42.7 Å². The molecule has 180 valence electrons. The molecule has 0 saturated heterocycles. The average molecular weight is 470 g/mol.